The highest BCUT2D eigenvalue weighted by atomic mass is 16.3. The Morgan fingerprint density at radius 2 is 1.86 bits per heavy atom. The molecule has 0 aromatic heterocycles. The number of likely N-dealkylation sites (N-methyl/N-ethyl adjacent to an activating group) is 1. The lowest BCUT2D eigenvalue weighted by Crippen LogP contribution is -2.37. The number of carbonyl (C=O) groups excluding carboxylic acids is 1. The number of aromatic hydroxyl groups is 2. The van der Waals surface area contributed by atoms with Crippen LogP contribution in [-0.2, 0) is 0 Å². The fraction of sp³-hybridized carbons (Fsp3) is 0.562. The summed E-state index contributed by atoms with van der Waals surface area (Å²) in [6.45, 7) is 7.01. The molecule has 118 valence electrons. The van der Waals surface area contributed by atoms with Gasteiger partial charge in [-0.05, 0) is 32.1 Å². The third-order valence-corrected chi connectivity index (χ3v) is 3.14. The molecule has 0 atom stereocenters. The van der Waals surface area contributed by atoms with Gasteiger partial charge in [0.15, 0.2) is 5.78 Å². The summed E-state index contributed by atoms with van der Waals surface area (Å²) < 4.78 is 0. The van der Waals surface area contributed by atoms with Crippen molar-refractivity contribution in [3.63, 3.8) is 0 Å². The average molecular weight is 294 g/mol. The number of hydrogen-bond donors (Lipinski definition) is 2. The van der Waals surface area contributed by atoms with Crippen molar-refractivity contribution in [2.45, 2.75) is 13.8 Å². The fourth-order valence-electron chi connectivity index (χ4n) is 2.14. The largest absolute Gasteiger partial charge is 0.508 e. The number of carbonyl (C=O) groups is 1. The predicted molar refractivity (Wildman–Crippen MR) is 83.9 cm³/mol. The SMILES string of the molecule is CC(C)CN(CCN(C)C)CC(=O)c1ccc(O)cc1O. The summed E-state index contributed by atoms with van der Waals surface area (Å²) in [6.07, 6.45) is 0. The van der Waals surface area contributed by atoms with Crippen LogP contribution in [0.15, 0.2) is 18.2 Å². The van der Waals surface area contributed by atoms with Crippen LogP contribution >= 0.6 is 0 Å². The summed E-state index contributed by atoms with van der Waals surface area (Å²) in [5, 5.41) is 19.0. The minimum atomic E-state index is -0.169. The Morgan fingerprint density at radius 1 is 1.19 bits per heavy atom. The van der Waals surface area contributed by atoms with Crippen LogP contribution in [0.25, 0.3) is 0 Å². The molecule has 0 fully saturated rings. The van der Waals surface area contributed by atoms with Gasteiger partial charge in [0.1, 0.15) is 11.5 Å². The Balaban J connectivity index is 2.74. The second-order valence-corrected chi connectivity index (χ2v) is 6.06. The molecule has 5 heteroatoms. The standard InChI is InChI=1S/C16H26N2O3/c1-12(2)10-18(8-7-17(3)4)11-16(21)14-6-5-13(19)9-15(14)20/h5-6,9,12,19-20H,7-8,10-11H2,1-4H3. The first-order valence-corrected chi connectivity index (χ1v) is 7.22. The highest BCUT2D eigenvalue weighted by molar-refractivity contribution is 6.00. The van der Waals surface area contributed by atoms with Gasteiger partial charge in [-0.25, -0.2) is 0 Å². The average Bonchev–Trinajstić information content (AvgIpc) is 2.34. The maximum atomic E-state index is 12.3. The summed E-state index contributed by atoms with van der Waals surface area (Å²) in [4.78, 5) is 16.5. The summed E-state index contributed by atoms with van der Waals surface area (Å²) in [6, 6.07) is 4.08. The molecule has 21 heavy (non-hydrogen) atoms. The van der Waals surface area contributed by atoms with Gasteiger partial charge in [-0.15, -0.1) is 0 Å². The third-order valence-electron chi connectivity index (χ3n) is 3.14. The highest BCUT2D eigenvalue weighted by Gasteiger charge is 2.17. The molecule has 0 heterocycles. The highest BCUT2D eigenvalue weighted by Crippen LogP contribution is 2.23. The van der Waals surface area contributed by atoms with Crippen LogP contribution in [0.1, 0.15) is 24.2 Å². The van der Waals surface area contributed by atoms with Gasteiger partial charge in [0, 0.05) is 25.7 Å². The molecule has 0 aliphatic carbocycles. The second-order valence-electron chi connectivity index (χ2n) is 6.06. The Bertz CT molecular complexity index is 473. The summed E-state index contributed by atoms with van der Waals surface area (Å²) >= 11 is 0. The quantitative estimate of drug-likeness (QED) is 0.716. The second kappa shape index (κ2) is 8.00. The van der Waals surface area contributed by atoms with Crippen molar-refractivity contribution in [2.75, 3.05) is 40.3 Å². The van der Waals surface area contributed by atoms with Crippen molar-refractivity contribution in [2.24, 2.45) is 5.92 Å². The molecule has 0 radical (unpaired) electrons. The van der Waals surface area contributed by atoms with E-state index in [1.807, 2.05) is 14.1 Å². The van der Waals surface area contributed by atoms with Crippen LogP contribution in [-0.4, -0.2) is 66.1 Å². The summed E-state index contributed by atoms with van der Waals surface area (Å²) in [5.74, 6) is 0.119. The van der Waals surface area contributed by atoms with Crippen molar-refractivity contribution in [3.8, 4) is 11.5 Å². The van der Waals surface area contributed by atoms with E-state index in [-0.39, 0.29) is 29.4 Å². The van der Waals surface area contributed by atoms with Crippen LogP contribution < -0.4 is 0 Å². The van der Waals surface area contributed by atoms with Gasteiger partial charge < -0.3 is 15.1 Å². The minimum absolute atomic E-state index is 0.0457. The van der Waals surface area contributed by atoms with Gasteiger partial charge in [0.25, 0.3) is 0 Å². The zero-order chi connectivity index (χ0) is 16.0. The summed E-state index contributed by atoms with van der Waals surface area (Å²) in [7, 11) is 4.00. The van der Waals surface area contributed by atoms with Crippen molar-refractivity contribution in [3.05, 3.63) is 23.8 Å². The molecule has 0 unspecified atom stereocenters. The molecular weight excluding hydrogens is 268 g/mol. The number of hydrogen-bond acceptors (Lipinski definition) is 5. The van der Waals surface area contributed by atoms with Gasteiger partial charge in [0.2, 0.25) is 0 Å². The number of benzene rings is 1. The van der Waals surface area contributed by atoms with E-state index in [0.717, 1.165) is 19.6 Å². The maximum Gasteiger partial charge on any atom is 0.180 e. The van der Waals surface area contributed by atoms with E-state index in [1.54, 1.807) is 0 Å². The van der Waals surface area contributed by atoms with E-state index in [0.29, 0.717) is 5.92 Å². The molecular formula is C16H26N2O3. The Morgan fingerprint density at radius 3 is 2.38 bits per heavy atom. The molecule has 0 aliphatic rings. The van der Waals surface area contributed by atoms with E-state index in [9.17, 15) is 15.0 Å². The van der Waals surface area contributed by atoms with Crippen molar-refractivity contribution in [1.29, 1.82) is 0 Å². The lowest BCUT2D eigenvalue weighted by molar-refractivity contribution is 0.0913. The number of ketones is 1. The first kappa shape index (κ1) is 17.5. The molecule has 0 spiro atoms. The van der Waals surface area contributed by atoms with E-state index < -0.39 is 0 Å². The van der Waals surface area contributed by atoms with Crippen LogP contribution in [0.4, 0.5) is 0 Å². The zero-order valence-corrected chi connectivity index (χ0v) is 13.3. The van der Waals surface area contributed by atoms with Crippen molar-refractivity contribution >= 4 is 5.78 Å². The van der Waals surface area contributed by atoms with Gasteiger partial charge >= 0.3 is 0 Å². The number of phenolic OH excluding ortho intramolecular Hbond substituents is 2. The Labute approximate surface area is 126 Å². The predicted octanol–water partition coefficient (Wildman–Crippen LogP) is 1.80. The van der Waals surface area contributed by atoms with E-state index in [1.165, 1.54) is 18.2 Å². The number of Topliss-reactive ketones (excluding diaryl/α,β-unsaturated/α-hetero) is 1. The van der Waals surface area contributed by atoms with Gasteiger partial charge in [-0.1, -0.05) is 13.8 Å². The van der Waals surface area contributed by atoms with Gasteiger partial charge in [-0.2, -0.15) is 0 Å². The number of rotatable bonds is 8. The smallest absolute Gasteiger partial charge is 0.180 e. The molecule has 5 nitrogen and oxygen atoms in total. The number of nitrogens with zero attached hydrogens (tertiary/aromatic N) is 2. The Kier molecular flexibility index (Phi) is 6.65. The van der Waals surface area contributed by atoms with E-state index >= 15 is 0 Å². The normalized spacial score (nSPS) is 11.6. The topological polar surface area (TPSA) is 64.0 Å². The van der Waals surface area contributed by atoms with E-state index in [2.05, 4.69) is 23.6 Å². The van der Waals surface area contributed by atoms with Gasteiger partial charge in [-0.3, -0.25) is 9.69 Å². The lowest BCUT2D eigenvalue weighted by atomic mass is 10.1. The molecule has 1 aromatic rings. The molecule has 2 N–H and O–H groups in total. The Hall–Kier alpha value is -1.59. The monoisotopic (exact) mass is 294 g/mol. The fourth-order valence-corrected chi connectivity index (χ4v) is 2.14. The molecule has 1 aromatic carbocycles. The summed E-state index contributed by atoms with van der Waals surface area (Å²) in [5.41, 5.74) is 0.256. The number of phenols is 2. The molecule has 0 bridgehead atoms. The molecule has 1 rings (SSSR count). The first-order chi connectivity index (χ1) is 9.79. The maximum absolute atomic E-state index is 12.3. The van der Waals surface area contributed by atoms with Gasteiger partial charge in [0.05, 0.1) is 12.1 Å². The molecule has 0 saturated heterocycles. The molecule has 0 aliphatic heterocycles. The van der Waals surface area contributed by atoms with Crippen molar-refractivity contribution in [1.82, 2.24) is 9.80 Å². The van der Waals surface area contributed by atoms with Crippen LogP contribution in [0, 0.1) is 5.92 Å². The zero-order valence-electron chi connectivity index (χ0n) is 13.3. The lowest BCUT2D eigenvalue weighted by Gasteiger charge is -2.25. The van der Waals surface area contributed by atoms with Crippen LogP contribution in [0.3, 0.4) is 0 Å². The van der Waals surface area contributed by atoms with E-state index in [4.69, 9.17) is 0 Å². The minimum Gasteiger partial charge on any atom is -0.508 e. The van der Waals surface area contributed by atoms with Crippen molar-refractivity contribution < 1.29 is 15.0 Å². The van der Waals surface area contributed by atoms with Crippen LogP contribution in [0.2, 0.25) is 0 Å². The third kappa shape index (κ3) is 6.14. The van der Waals surface area contributed by atoms with Crippen LogP contribution in [0.5, 0.6) is 11.5 Å². The molecule has 0 saturated carbocycles. The first-order valence-electron chi connectivity index (χ1n) is 7.22. The molecule has 0 amide bonds.